The maximum absolute atomic E-state index is 11.9. The molecular weight excluding hydrogens is 216 g/mol. The minimum absolute atomic E-state index is 0.00634. The van der Waals surface area contributed by atoms with E-state index in [0.29, 0.717) is 11.6 Å². The van der Waals surface area contributed by atoms with Crippen molar-refractivity contribution in [1.82, 2.24) is 10.6 Å². The monoisotopic (exact) mass is 234 g/mol. The van der Waals surface area contributed by atoms with Gasteiger partial charge < -0.3 is 15.1 Å². The van der Waals surface area contributed by atoms with Gasteiger partial charge in [-0.2, -0.15) is 0 Å². The Labute approximate surface area is 101 Å². The van der Waals surface area contributed by atoms with Crippen LogP contribution in [0.1, 0.15) is 29.6 Å². The molecule has 4 nitrogen and oxygen atoms in total. The Bertz CT molecular complexity index is 388. The predicted molar refractivity (Wildman–Crippen MR) is 63.7 cm³/mol. The molecule has 0 aromatic carbocycles. The fourth-order valence-corrected chi connectivity index (χ4v) is 3.09. The molecule has 0 bridgehead atoms. The van der Waals surface area contributed by atoms with Gasteiger partial charge in [-0.25, -0.2) is 0 Å². The van der Waals surface area contributed by atoms with E-state index >= 15 is 0 Å². The molecule has 1 amide bonds. The maximum atomic E-state index is 11.9. The molecule has 0 spiro atoms. The zero-order chi connectivity index (χ0) is 11.7. The molecule has 4 heteroatoms. The average molecular weight is 234 g/mol. The van der Waals surface area contributed by atoms with Gasteiger partial charge in [0.05, 0.1) is 11.8 Å². The van der Waals surface area contributed by atoms with Crippen LogP contribution in [-0.4, -0.2) is 25.0 Å². The van der Waals surface area contributed by atoms with Gasteiger partial charge in [0.25, 0.3) is 5.91 Å². The van der Waals surface area contributed by atoms with E-state index in [1.165, 1.54) is 18.9 Å². The lowest BCUT2D eigenvalue weighted by Crippen LogP contribution is -2.40. The number of amides is 1. The van der Waals surface area contributed by atoms with E-state index < -0.39 is 0 Å². The Balaban J connectivity index is 1.57. The molecule has 0 radical (unpaired) electrons. The first-order chi connectivity index (χ1) is 8.33. The van der Waals surface area contributed by atoms with Crippen molar-refractivity contribution in [3.63, 3.8) is 0 Å². The lowest BCUT2D eigenvalue weighted by molar-refractivity contribution is 0.0913. The first kappa shape index (κ1) is 10.8. The molecule has 2 aliphatic rings. The second-order valence-corrected chi connectivity index (χ2v) is 5.17. The van der Waals surface area contributed by atoms with Gasteiger partial charge in [-0.05, 0) is 50.3 Å². The lowest BCUT2D eigenvalue weighted by Gasteiger charge is -2.31. The van der Waals surface area contributed by atoms with Gasteiger partial charge in [0.2, 0.25) is 0 Å². The zero-order valence-corrected chi connectivity index (χ0v) is 9.82. The van der Waals surface area contributed by atoms with Crippen LogP contribution in [-0.2, 0) is 0 Å². The minimum atomic E-state index is -0.00634. The number of carbonyl (C=O) groups is 1. The van der Waals surface area contributed by atoms with Crippen LogP contribution in [0.15, 0.2) is 23.0 Å². The summed E-state index contributed by atoms with van der Waals surface area (Å²) in [7, 11) is 0. The van der Waals surface area contributed by atoms with Crippen LogP contribution < -0.4 is 10.6 Å². The number of fused-ring (bicyclic) bond motifs is 1. The molecule has 1 saturated carbocycles. The summed E-state index contributed by atoms with van der Waals surface area (Å²) in [6.45, 7) is 2.27. The van der Waals surface area contributed by atoms with Crippen LogP contribution in [0.2, 0.25) is 0 Å². The van der Waals surface area contributed by atoms with Crippen LogP contribution >= 0.6 is 0 Å². The van der Waals surface area contributed by atoms with E-state index in [-0.39, 0.29) is 5.91 Å². The normalized spacial score (nSPS) is 32.1. The van der Waals surface area contributed by atoms with Crippen molar-refractivity contribution in [2.75, 3.05) is 13.1 Å². The third kappa shape index (κ3) is 2.22. The van der Waals surface area contributed by atoms with Gasteiger partial charge in [-0.15, -0.1) is 0 Å². The number of furan rings is 1. The van der Waals surface area contributed by atoms with Gasteiger partial charge in [0.15, 0.2) is 0 Å². The first-order valence-corrected chi connectivity index (χ1v) is 6.36. The van der Waals surface area contributed by atoms with Crippen LogP contribution in [0, 0.1) is 11.8 Å². The molecule has 1 saturated heterocycles. The number of hydrogen-bond donors (Lipinski definition) is 2. The lowest BCUT2D eigenvalue weighted by atomic mass is 9.79. The molecule has 1 aromatic rings. The van der Waals surface area contributed by atoms with E-state index in [9.17, 15) is 4.79 Å². The van der Waals surface area contributed by atoms with Crippen molar-refractivity contribution in [3.05, 3.63) is 24.2 Å². The second kappa shape index (κ2) is 4.53. The van der Waals surface area contributed by atoms with Gasteiger partial charge in [0, 0.05) is 6.04 Å². The van der Waals surface area contributed by atoms with Crippen molar-refractivity contribution in [2.24, 2.45) is 11.8 Å². The fourth-order valence-electron chi connectivity index (χ4n) is 3.09. The molecule has 3 atom stereocenters. The topological polar surface area (TPSA) is 54.3 Å². The van der Waals surface area contributed by atoms with Crippen molar-refractivity contribution < 1.29 is 9.21 Å². The van der Waals surface area contributed by atoms with Gasteiger partial charge in [-0.1, -0.05) is 0 Å². The van der Waals surface area contributed by atoms with Crippen molar-refractivity contribution in [3.8, 4) is 0 Å². The Morgan fingerprint density at radius 2 is 2.24 bits per heavy atom. The van der Waals surface area contributed by atoms with Crippen LogP contribution in [0.25, 0.3) is 0 Å². The third-order valence-corrected chi connectivity index (χ3v) is 4.07. The summed E-state index contributed by atoms with van der Waals surface area (Å²) in [6, 6.07) is 2.04. The summed E-state index contributed by atoms with van der Waals surface area (Å²) in [6.07, 6.45) is 6.48. The zero-order valence-electron chi connectivity index (χ0n) is 9.82. The summed E-state index contributed by atoms with van der Waals surface area (Å²) >= 11 is 0. The van der Waals surface area contributed by atoms with Crippen LogP contribution in [0.5, 0.6) is 0 Å². The SMILES string of the molecule is O=C(NC1CC[C@@H]2CNC[C@@H]2C1)c1ccoc1. The summed E-state index contributed by atoms with van der Waals surface area (Å²) < 4.78 is 4.92. The van der Waals surface area contributed by atoms with Crippen molar-refractivity contribution in [2.45, 2.75) is 25.3 Å². The molecule has 92 valence electrons. The van der Waals surface area contributed by atoms with Gasteiger partial charge >= 0.3 is 0 Å². The molecule has 2 heterocycles. The van der Waals surface area contributed by atoms with Crippen LogP contribution in [0.4, 0.5) is 0 Å². The van der Waals surface area contributed by atoms with E-state index in [4.69, 9.17) is 4.42 Å². The Hall–Kier alpha value is -1.29. The molecule has 3 rings (SSSR count). The highest BCUT2D eigenvalue weighted by atomic mass is 16.3. The standard InChI is InChI=1S/C13H18N2O2/c16-13(10-3-4-17-8-10)15-12-2-1-9-6-14-7-11(9)5-12/h3-4,8-9,11-12,14H,1-2,5-7H2,(H,15,16)/t9-,11+,12?/m1/s1. The number of hydrogen-bond acceptors (Lipinski definition) is 3. The number of nitrogens with one attached hydrogen (secondary N) is 2. The molecular formula is C13H18N2O2. The molecule has 1 aliphatic heterocycles. The van der Waals surface area contributed by atoms with E-state index in [0.717, 1.165) is 37.8 Å². The largest absolute Gasteiger partial charge is 0.472 e. The van der Waals surface area contributed by atoms with Gasteiger partial charge in [-0.3, -0.25) is 4.79 Å². The predicted octanol–water partition coefficient (Wildman–Crippen LogP) is 1.40. The smallest absolute Gasteiger partial charge is 0.254 e. The van der Waals surface area contributed by atoms with Crippen molar-refractivity contribution in [1.29, 1.82) is 0 Å². The molecule has 2 fully saturated rings. The quantitative estimate of drug-likeness (QED) is 0.813. The van der Waals surface area contributed by atoms with E-state index in [2.05, 4.69) is 10.6 Å². The van der Waals surface area contributed by atoms with Crippen LogP contribution in [0.3, 0.4) is 0 Å². The first-order valence-electron chi connectivity index (χ1n) is 6.36. The maximum Gasteiger partial charge on any atom is 0.254 e. The average Bonchev–Trinajstić information content (AvgIpc) is 2.99. The molecule has 17 heavy (non-hydrogen) atoms. The Morgan fingerprint density at radius 3 is 3.06 bits per heavy atom. The highest BCUT2D eigenvalue weighted by Crippen LogP contribution is 2.32. The second-order valence-electron chi connectivity index (χ2n) is 5.17. The molecule has 1 aliphatic carbocycles. The van der Waals surface area contributed by atoms with E-state index in [1.807, 2.05) is 0 Å². The highest BCUT2D eigenvalue weighted by Gasteiger charge is 2.34. The Morgan fingerprint density at radius 1 is 1.35 bits per heavy atom. The summed E-state index contributed by atoms with van der Waals surface area (Å²) in [5.41, 5.74) is 0.622. The number of rotatable bonds is 2. The summed E-state index contributed by atoms with van der Waals surface area (Å²) in [5.74, 6) is 1.57. The Kier molecular flexibility index (Phi) is 2.89. The van der Waals surface area contributed by atoms with Crippen molar-refractivity contribution >= 4 is 5.91 Å². The third-order valence-electron chi connectivity index (χ3n) is 4.07. The van der Waals surface area contributed by atoms with E-state index in [1.54, 1.807) is 6.07 Å². The minimum Gasteiger partial charge on any atom is -0.472 e. The fraction of sp³-hybridized carbons (Fsp3) is 0.615. The summed E-state index contributed by atoms with van der Waals surface area (Å²) in [4.78, 5) is 11.9. The van der Waals surface area contributed by atoms with Gasteiger partial charge in [0.1, 0.15) is 6.26 Å². The molecule has 1 aromatic heterocycles. The molecule has 1 unspecified atom stereocenters. The number of carbonyl (C=O) groups excluding carboxylic acids is 1. The summed E-state index contributed by atoms with van der Waals surface area (Å²) in [5, 5.41) is 6.55. The highest BCUT2D eigenvalue weighted by molar-refractivity contribution is 5.93. The molecule has 2 N–H and O–H groups in total.